The topological polar surface area (TPSA) is 36.9 Å². The van der Waals surface area contributed by atoms with Gasteiger partial charge < -0.3 is 4.90 Å². The normalized spacial score (nSPS) is 19.5. The highest BCUT2D eigenvalue weighted by Crippen LogP contribution is 2.35. The summed E-state index contributed by atoms with van der Waals surface area (Å²) in [4.78, 5) is 2.46. The fraction of sp³-hybridized carbons (Fsp3) is 0.846. The lowest BCUT2D eigenvalue weighted by Gasteiger charge is -2.25. The van der Waals surface area contributed by atoms with Crippen LogP contribution in [0, 0.1) is 16.6 Å². The summed E-state index contributed by atoms with van der Waals surface area (Å²) in [6.07, 6.45) is 5.53. The van der Waals surface area contributed by atoms with Crippen LogP contribution < -0.4 is 4.90 Å². The summed E-state index contributed by atoms with van der Waals surface area (Å²) >= 11 is 5.35. The SMILES string of the molecule is CC(C)n1c(N(CC2CC2)CC2CC2)n[nH]c1=S. The maximum absolute atomic E-state index is 5.35. The maximum atomic E-state index is 5.35. The summed E-state index contributed by atoms with van der Waals surface area (Å²) in [7, 11) is 0. The van der Waals surface area contributed by atoms with E-state index in [0.29, 0.717) is 6.04 Å². The van der Waals surface area contributed by atoms with Crippen molar-refractivity contribution in [2.75, 3.05) is 18.0 Å². The Morgan fingerprint density at radius 1 is 1.28 bits per heavy atom. The molecule has 3 rings (SSSR count). The molecule has 0 unspecified atom stereocenters. The van der Waals surface area contributed by atoms with Gasteiger partial charge in [0.2, 0.25) is 5.95 Å². The number of hydrogen-bond acceptors (Lipinski definition) is 3. The van der Waals surface area contributed by atoms with Crippen LogP contribution in [0.1, 0.15) is 45.6 Å². The van der Waals surface area contributed by atoms with Crippen molar-refractivity contribution in [1.29, 1.82) is 0 Å². The number of nitrogens with zero attached hydrogens (tertiary/aromatic N) is 3. The molecule has 0 aromatic carbocycles. The average molecular weight is 266 g/mol. The molecule has 18 heavy (non-hydrogen) atoms. The highest BCUT2D eigenvalue weighted by Gasteiger charge is 2.31. The molecule has 1 N–H and O–H groups in total. The quantitative estimate of drug-likeness (QED) is 0.804. The summed E-state index contributed by atoms with van der Waals surface area (Å²) < 4.78 is 2.90. The lowest BCUT2D eigenvalue weighted by atomic mass is 10.3. The molecule has 0 saturated heterocycles. The lowest BCUT2D eigenvalue weighted by Crippen LogP contribution is -2.31. The molecule has 5 heteroatoms. The molecular formula is C13H22N4S. The molecule has 0 amide bonds. The van der Waals surface area contributed by atoms with Crippen LogP contribution in [0.3, 0.4) is 0 Å². The average Bonchev–Trinajstić information content (AvgIpc) is 3.21. The Kier molecular flexibility index (Phi) is 3.18. The van der Waals surface area contributed by atoms with Crippen LogP contribution in [0.2, 0.25) is 0 Å². The minimum atomic E-state index is 0.368. The highest BCUT2D eigenvalue weighted by molar-refractivity contribution is 7.71. The van der Waals surface area contributed by atoms with Gasteiger partial charge in [-0.15, -0.1) is 5.10 Å². The summed E-state index contributed by atoms with van der Waals surface area (Å²) in [5.74, 6) is 2.82. The third-order valence-electron chi connectivity index (χ3n) is 3.84. The van der Waals surface area contributed by atoms with Gasteiger partial charge in [-0.3, -0.25) is 4.57 Å². The first-order valence-corrected chi connectivity index (χ1v) is 7.48. The van der Waals surface area contributed by atoms with E-state index in [0.717, 1.165) is 35.6 Å². The van der Waals surface area contributed by atoms with E-state index in [1.165, 1.54) is 25.7 Å². The third kappa shape index (κ3) is 2.60. The number of anilines is 1. The van der Waals surface area contributed by atoms with Gasteiger partial charge in [0, 0.05) is 19.1 Å². The number of H-pyrrole nitrogens is 1. The predicted octanol–water partition coefficient (Wildman–Crippen LogP) is 3.15. The molecule has 0 bridgehead atoms. The van der Waals surface area contributed by atoms with Crippen molar-refractivity contribution in [2.45, 2.75) is 45.6 Å². The highest BCUT2D eigenvalue weighted by atomic mass is 32.1. The molecule has 2 saturated carbocycles. The van der Waals surface area contributed by atoms with Crippen molar-refractivity contribution in [3.63, 3.8) is 0 Å². The molecule has 2 fully saturated rings. The second-order valence-corrected chi connectivity index (χ2v) is 6.47. The van der Waals surface area contributed by atoms with Gasteiger partial charge in [0.05, 0.1) is 0 Å². The van der Waals surface area contributed by atoms with E-state index in [-0.39, 0.29) is 0 Å². The smallest absolute Gasteiger partial charge is 0.225 e. The first-order valence-electron chi connectivity index (χ1n) is 7.07. The molecule has 2 aliphatic carbocycles. The van der Waals surface area contributed by atoms with E-state index in [1.807, 2.05) is 0 Å². The van der Waals surface area contributed by atoms with Crippen LogP contribution in [0.4, 0.5) is 5.95 Å². The molecule has 0 spiro atoms. The lowest BCUT2D eigenvalue weighted by molar-refractivity contribution is 0.563. The molecular weight excluding hydrogens is 244 g/mol. The molecule has 1 aromatic rings. The van der Waals surface area contributed by atoms with Gasteiger partial charge in [0.1, 0.15) is 0 Å². The van der Waals surface area contributed by atoms with E-state index in [4.69, 9.17) is 12.2 Å². The fourth-order valence-corrected chi connectivity index (χ4v) is 2.79. The van der Waals surface area contributed by atoms with Gasteiger partial charge in [-0.2, -0.15) is 0 Å². The molecule has 4 nitrogen and oxygen atoms in total. The van der Waals surface area contributed by atoms with Crippen LogP contribution in [-0.4, -0.2) is 27.9 Å². The van der Waals surface area contributed by atoms with E-state index < -0.39 is 0 Å². The van der Waals surface area contributed by atoms with Gasteiger partial charge in [-0.1, -0.05) is 0 Å². The summed E-state index contributed by atoms with van der Waals surface area (Å²) in [6, 6.07) is 0.368. The summed E-state index contributed by atoms with van der Waals surface area (Å²) in [6.45, 7) is 6.65. The zero-order valence-electron chi connectivity index (χ0n) is 11.2. The van der Waals surface area contributed by atoms with Crippen molar-refractivity contribution in [1.82, 2.24) is 14.8 Å². The number of rotatable bonds is 6. The van der Waals surface area contributed by atoms with Crippen molar-refractivity contribution < 1.29 is 0 Å². The Morgan fingerprint density at radius 3 is 2.28 bits per heavy atom. The summed E-state index contributed by atoms with van der Waals surface area (Å²) in [5, 5.41) is 7.43. The first kappa shape index (κ1) is 12.2. The standard InChI is InChI=1S/C13H22N4S/c1-9(2)17-12(14-15-13(17)18)16(7-10-3-4-10)8-11-5-6-11/h9-11H,3-8H2,1-2H3,(H,15,18). The number of aromatic amines is 1. The molecule has 100 valence electrons. The largest absolute Gasteiger partial charge is 0.340 e. The maximum Gasteiger partial charge on any atom is 0.225 e. The van der Waals surface area contributed by atoms with Crippen LogP contribution >= 0.6 is 12.2 Å². The van der Waals surface area contributed by atoms with Crippen LogP contribution in [0.15, 0.2) is 0 Å². The Bertz CT molecular complexity index is 454. The minimum Gasteiger partial charge on any atom is -0.340 e. The molecule has 0 radical (unpaired) electrons. The fourth-order valence-electron chi connectivity index (χ4n) is 2.45. The van der Waals surface area contributed by atoms with Crippen molar-refractivity contribution >= 4 is 18.2 Å². The zero-order valence-corrected chi connectivity index (χ0v) is 12.0. The van der Waals surface area contributed by atoms with Crippen LogP contribution in [-0.2, 0) is 0 Å². The number of nitrogens with one attached hydrogen (secondary N) is 1. The molecule has 1 aromatic heterocycles. The van der Waals surface area contributed by atoms with E-state index in [9.17, 15) is 0 Å². The van der Waals surface area contributed by atoms with Crippen molar-refractivity contribution in [3.8, 4) is 0 Å². The summed E-state index contributed by atoms with van der Waals surface area (Å²) in [5.41, 5.74) is 0. The van der Waals surface area contributed by atoms with Gasteiger partial charge in [-0.25, -0.2) is 5.10 Å². The van der Waals surface area contributed by atoms with E-state index in [1.54, 1.807) is 0 Å². The Balaban J connectivity index is 1.84. The van der Waals surface area contributed by atoms with Crippen LogP contribution in [0.25, 0.3) is 0 Å². The monoisotopic (exact) mass is 266 g/mol. The minimum absolute atomic E-state index is 0.368. The number of hydrogen-bond donors (Lipinski definition) is 1. The van der Waals surface area contributed by atoms with Crippen molar-refractivity contribution in [3.05, 3.63) is 4.77 Å². The van der Waals surface area contributed by atoms with Gasteiger partial charge in [-0.05, 0) is 63.6 Å². The van der Waals surface area contributed by atoms with Crippen molar-refractivity contribution in [2.24, 2.45) is 11.8 Å². The molecule has 2 aliphatic rings. The Morgan fingerprint density at radius 2 is 1.83 bits per heavy atom. The first-order chi connectivity index (χ1) is 8.65. The van der Waals surface area contributed by atoms with Gasteiger partial charge in [0.15, 0.2) is 4.77 Å². The second kappa shape index (κ2) is 4.68. The Labute approximate surface area is 113 Å². The third-order valence-corrected chi connectivity index (χ3v) is 4.12. The molecule has 1 heterocycles. The number of aromatic nitrogens is 3. The Hall–Kier alpha value is -0.840. The second-order valence-electron chi connectivity index (χ2n) is 6.08. The van der Waals surface area contributed by atoms with Crippen LogP contribution in [0.5, 0.6) is 0 Å². The van der Waals surface area contributed by atoms with E-state index in [2.05, 4.69) is 33.5 Å². The van der Waals surface area contributed by atoms with E-state index >= 15 is 0 Å². The van der Waals surface area contributed by atoms with Gasteiger partial charge >= 0.3 is 0 Å². The zero-order chi connectivity index (χ0) is 12.7. The molecule has 0 atom stereocenters. The van der Waals surface area contributed by atoms with Gasteiger partial charge in [0.25, 0.3) is 0 Å². The predicted molar refractivity (Wildman–Crippen MR) is 75.5 cm³/mol. The molecule has 0 aliphatic heterocycles.